The lowest BCUT2D eigenvalue weighted by molar-refractivity contribution is -0.121. The number of rotatable bonds is 5. The maximum atomic E-state index is 11.8. The molecule has 4 unspecified atom stereocenters. The lowest BCUT2D eigenvalue weighted by Crippen LogP contribution is -2.46. The Labute approximate surface area is 106 Å². The van der Waals surface area contributed by atoms with Crippen LogP contribution in [0.5, 0.6) is 0 Å². The molecule has 3 nitrogen and oxygen atoms in total. The molecule has 1 amide bonds. The third-order valence-corrected chi connectivity index (χ3v) is 4.00. The largest absolute Gasteiger partial charge is 0.352 e. The first kappa shape index (κ1) is 14.5. The summed E-state index contributed by atoms with van der Waals surface area (Å²) in [5.74, 6) is 1.58. The van der Waals surface area contributed by atoms with Gasteiger partial charge in [-0.1, -0.05) is 20.8 Å². The Balaban J connectivity index is 2.26. The molecule has 1 aliphatic carbocycles. The highest BCUT2D eigenvalue weighted by Gasteiger charge is 2.26. The standard InChI is InChI=1S/C14H28N2O/c1-5-12(4)15-9-14(17)16-13-7-6-10(2)8-11(13)3/h10-13,15H,5-9H2,1-4H3,(H,16,17). The molecule has 17 heavy (non-hydrogen) atoms. The SMILES string of the molecule is CCC(C)NCC(=O)NC1CCC(C)CC1C. The van der Waals surface area contributed by atoms with E-state index >= 15 is 0 Å². The molecule has 0 spiro atoms. The van der Waals surface area contributed by atoms with Crippen molar-refractivity contribution in [1.82, 2.24) is 10.6 Å². The van der Waals surface area contributed by atoms with E-state index in [4.69, 9.17) is 0 Å². The Morgan fingerprint density at radius 3 is 2.65 bits per heavy atom. The van der Waals surface area contributed by atoms with Gasteiger partial charge >= 0.3 is 0 Å². The molecule has 0 aromatic heterocycles. The fourth-order valence-corrected chi connectivity index (χ4v) is 2.55. The van der Waals surface area contributed by atoms with E-state index in [9.17, 15) is 4.79 Å². The third-order valence-electron chi connectivity index (χ3n) is 4.00. The van der Waals surface area contributed by atoms with E-state index < -0.39 is 0 Å². The van der Waals surface area contributed by atoms with Crippen molar-refractivity contribution in [2.75, 3.05) is 6.54 Å². The van der Waals surface area contributed by atoms with Crippen LogP contribution in [0.25, 0.3) is 0 Å². The number of hydrogen-bond donors (Lipinski definition) is 2. The summed E-state index contributed by atoms with van der Waals surface area (Å²) >= 11 is 0. The van der Waals surface area contributed by atoms with Crippen molar-refractivity contribution < 1.29 is 4.79 Å². The minimum Gasteiger partial charge on any atom is -0.352 e. The van der Waals surface area contributed by atoms with E-state index in [1.54, 1.807) is 0 Å². The van der Waals surface area contributed by atoms with E-state index in [1.165, 1.54) is 12.8 Å². The van der Waals surface area contributed by atoms with E-state index in [0.717, 1.165) is 18.8 Å². The van der Waals surface area contributed by atoms with Gasteiger partial charge in [0.25, 0.3) is 0 Å². The van der Waals surface area contributed by atoms with Crippen LogP contribution in [-0.2, 0) is 4.79 Å². The van der Waals surface area contributed by atoms with E-state index in [0.29, 0.717) is 24.5 Å². The van der Waals surface area contributed by atoms with Crippen LogP contribution in [0.4, 0.5) is 0 Å². The molecule has 0 saturated heterocycles. The summed E-state index contributed by atoms with van der Waals surface area (Å²) in [4.78, 5) is 11.8. The van der Waals surface area contributed by atoms with Gasteiger partial charge in [0.2, 0.25) is 5.91 Å². The van der Waals surface area contributed by atoms with Crippen LogP contribution in [0.3, 0.4) is 0 Å². The first-order chi connectivity index (χ1) is 8.02. The van der Waals surface area contributed by atoms with Gasteiger partial charge in [-0.2, -0.15) is 0 Å². The van der Waals surface area contributed by atoms with Gasteiger partial charge in [0.05, 0.1) is 6.54 Å². The van der Waals surface area contributed by atoms with Crippen molar-refractivity contribution in [1.29, 1.82) is 0 Å². The Bertz CT molecular complexity index is 242. The number of carbonyl (C=O) groups is 1. The molecule has 0 aliphatic heterocycles. The molecular weight excluding hydrogens is 212 g/mol. The Morgan fingerprint density at radius 2 is 2.06 bits per heavy atom. The highest BCUT2D eigenvalue weighted by molar-refractivity contribution is 5.78. The van der Waals surface area contributed by atoms with Gasteiger partial charge in [0, 0.05) is 12.1 Å². The summed E-state index contributed by atoms with van der Waals surface area (Å²) < 4.78 is 0. The van der Waals surface area contributed by atoms with Crippen LogP contribution in [0.15, 0.2) is 0 Å². The Morgan fingerprint density at radius 1 is 1.35 bits per heavy atom. The lowest BCUT2D eigenvalue weighted by atomic mass is 9.80. The molecule has 0 radical (unpaired) electrons. The summed E-state index contributed by atoms with van der Waals surface area (Å²) in [6, 6.07) is 0.807. The topological polar surface area (TPSA) is 41.1 Å². The second-order valence-electron chi connectivity index (χ2n) is 5.76. The molecule has 1 rings (SSSR count). The van der Waals surface area contributed by atoms with E-state index in [-0.39, 0.29) is 5.91 Å². The molecule has 4 atom stereocenters. The maximum absolute atomic E-state index is 11.8. The zero-order chi connectivity index (χ0) is 12.8. The van der Waals surface area contributed by atoms with Crippen molar-refractivity contribution in [3.8, 4) is 0 Å². The van der Waals surface area contributed by atoms with Gasteiger partial charge < -0.3 is 10.6 Å². The smallest absolute Gasteiger partial charge is 0.234 e. The molecular formula is C14H28N2O. The van der Waals surface area contributed by atoms with Crippen molar-refractivity contribution >= 4 is 5.91 Å². The summed E-state index contributed by atoms with van der Waals surface area (Å²) in [6.45, 7) is 9.24. The van der Waals surface area contributed by atoms with Crippen LogP contribution in [0.2, 0.25) is 0 Å². The molecule has 0 aromatic rings. The van der Waals surface area contributed by atoms with Crippen molar-refractivity contribution in [3.05, 3.63) is 0 Å². The molecule has 1 fully saturated rings. The van der Waals surface area contributed by atoms with Gasteiger partial charge in [-0.05, 0) is 44.4 Å². The van der Waals surface area contributed by atoms with E-state index in [2.05, 4.69) is 38.3 Å². The zero-order valence-electron chi connectivity index (χ0n) is 11.8. The highest BCUT2D eigenvalue weighted by atomic mass is 16.2. The maximum Gasteiger partial charge on any atom is 0.234 e. The van der Waals surface area contributed by atoms with E-state index in [1.807, 2.05) is 0 Å². The molecule has 2 N–H and O–H groups in total. The van der Waals surface area contributed by atoms with Crippen LogP contribution in [0.1, 0.15) is 53.4 Å². The third kappa shape index (κ3) is 5.07. The van der Waals surface area contributed by atoms with Gasteiger partial charge in [-0.3, -0.25) is 4.79 Å². The highest BCUT2D eigenvalue weighted by Crippen LogP contribution is 2.28. The molecule has 0 bridgehead atoms. The van der Waals surface area contributed by atoms with Gasteiger partial charge in [0.1, 0.15) is 0 Å². The Kier molecular flexibility index (Phi) is 5.96. The van der Waals surface area contributed by atoms with Crippen LogP contribution in [-0.4, -0.2) is 24.5 Å². The molecule has 3 heteroatoms. The predicted molar refractivity (Wildman–Crippen MR) is 71.9 cm³/mol. The quantitative estimate of drug-likeness (QED) is 0.774. The summed E-state index contributed by atoms with van der Waals surface area (Å²) in [5.41, 5.74) is 0. The predicted octanol–water partition coefficient (Wildman–Crippen LogP) is 2.32. The fraction of sp³-hybridized carbons (Fsp3) is 0.929. The normalized spacial score (nSPS) is 30.9. The van der Waals surface area contributed by atoms with Crippen molar-refractivity contribution in [3.63, 3.8) is 0 Å². The molecule has 0 heterocycles. The minimum atomic E-state index is 0.150. The fourth-order valence-electron chi connectivity index (χ4n) is 2.55. The zero-order valence-corrected chi connectivity index (χ0v) is 11.8. The monoisotopic (exact) mass is 240 g/mol. The second-order valence-corrected chi connectivity index (χ2v) is 5.76. The number of nitrogens with one attached hydrogen (secondary N) is 2. The first-order valence-corrected chi connectivity index (χ1v) is 7.05. The first-order valence-electron chi connectivity index (χ1n) is 7.05. The molecule has 1 aliphatic rings. The van der Waals surface area contributed by atoms with Crippen molar-refractivity contribution in [2.24, 2.45) is 11.8 Å². The summed E-state index contributed by atoms with van der Waals surface area (Å²) in [7, 11) is 0. The van der Waals surface area contributed by atoms with Crippen LogP contribution >= 0.6 is 0 Å². The average molecular weight is 240 g/mol. The van der Waals surface area contributed by atoms with Crippen molar-refractivity contribution in [2.45, 2.75) is 65.5 Å². The molecule has 100 valence electrons. The number of hydrogen-bond acceptors (Lipinski definition) is 2. The van der Waals surface area contributed by atoms with Gasteiger partial charge in [0.15, 0.2) is 0 Å². The van der Waals surface area contributed by atoms with Crippen LogP contribution in [0, 0.1) is 11.8 Å². The minimum absolute atomic E-state index is 0.150. The number of amides is 1. The van der Waals surface area contributed by atoms with Crippen LogP contribution < -0.4 is 10.6 Å². The molecule has 0 aromatic carbocycles. The molecule has 1 saturated carbocycles. The second kappa shape index (κ2) is 7.00. The average Bonchev–Trinajstić information content (AvgIpc) is 2.29. The number of carbonyl (C=O) groups excluding carboxylic acids is 1. The van der Waals surface area contributed by atoms with Gasteiger partial charge in [-0.25, -0.2) is 0 Å². The van der Waals surface area contributed by atoms with Gasteiger partial charge in [-0.15, -0.1) is 0 Å². The Hall–Kier alpha value is -0.570. The lowest BCUT2D eigenvalue weighted by Gasteiger charge is -2.33. The summed E-state index contributed by atoms with van der Waals surface area (Å²) in [6.07, 6.45) is 4.68. The summed E-state index contributed by atoms with van der Waals surface area (Å²) in [5, 5.41) is 6.40.